The zero-order valence-corrected chi connectivity index (χ0v) is 9.87. The number of hydrogen-bond donors (Lipinski definition) is 2. The lowest BCUT2D eigenvalue weighted by Gasteiger charge is -2.08. The molecular formula is C11H15NO3S. The second-order valence-corrected chi connectivity index (χ2v) is 6.11. The molecule has 1 fully saturated rings. The minimum Gasteiger partial charge on any atom is -0.389 e. The van der Waals surface area contributed by atoms with Crippen molar-refractivity contribution in [2.75, 3.05) is 4.72 Å². The number of aliphatic hydroxyl groups is 1. The van der Waals surface area contributed by atoms with E-state index in [1.54, 1.807) is 31.2 Å². The van der Waals surface area contributed by atoms with Gasteiger partial charge in [0.05, 0.1) is 11.4 Å². The van der Waals surface area contributed by atoms with E-state index in [4.69, 9.17) is 0 Å². The second-order valence-electron chi connectivity index (χ2n) is 4.14. The molecule has 1 aromatic carbocycles. The third kappa shape index (κ3) is 2.54. The van der Waals surface area contributed by atoms with Crippen LogP contribution in [-0.4, -0.2) is 18.8 Å². The predicted octanol–water partition coefficient (Wildman–Crippen LogP) is 1.64. The lowest BCUT2D eigenvalue weighted by molar-refractivity contribution is 0.199. The molecule has 0 spiro atoms. The summed E-state index contributed by atoms with van der Waals surface area (Å²) in [4.78, 5) is 0. The van der Waals surface area contributed by atoms with Gasteiger partial charge in [-0.3, -0.25) is 4.72 Å². The summed E-state index contributed by atoms with van der Waals surface area (Å²) in [5.41, 5.74) is 1.32. The van der Waals surface area contributed by atoms with Crippen molar-refractivity contribution in [1.29, 1.82) is 0 Å². The fourth-order valence-electron chi connectivity index (χ4n) is 1.46. The first-order valence-electron chi connectivity index (χ1n) is 5.29. The molecular weight excluding hydrogens is 226 g/mol. The number of hydrogen-bond acceptors (Lipinski definition) is 3. The van der Waals surface area contributed by atoms with Crippen LogP contribution in [0.25, 0.3) is 0 Å². The van der Waals surface area contributed by atoms with E-state index >= 15 is 0 Å². The maximum atomic E-state index is 11.6. The van der Waals surface area contributed by atoms with Crippen molar-refractivity contribution in [3.05, 3.63) is 29.8 Å². The molecule has 16 heavy (non-hydrogen) atoms. The molecule has 1 aliphatic carbocycles. The van der Waals surface area contributed by atoms with Crippen LogP contribution in [0.4, 0.5) is 5.69 Å². The molecule has 1 atom stereocenters. The van der Waals surface area contributed by atoms with E-state index in [1.807, 2.05) is 0 Å². The lowest BCUT2D eigenvalue weighted by atomic mass is 10.1. The van der Waals surface area contributed by atoms with Gasteiger partial charge in [0.2, 0.25) is 10.0 Å². The molecule has 1 unspecified atom stereocenters. The zero-order valence-electron chi connectivity index (χ0n) is 9.05. The number of nitrogens with one attached hydrogen (secondary N) is 1. The standard InChI is InChI=1S/C11H15NO3S/c1-8(13)9-2-4-10(5-3-9)12-16(14,15)11-6-7-11/h2-5,8,11-13H,6-7H2,1H3. The van der Waals surface area contributed by atoms with Crippen LogP contribution in [0, 0.1) is 0 Å². The van der Waals surface area contributed by atoms with Crippen LogP contribution >= 0.6 is 0 Å². The van der Waals surface area contributed by atoms with Crippen molar-refractivity contribution in [2.24, 2.45) is 0 Å². The minimum absolute atomic E-state index is 0.219. The van der Waals surface area contributed by atoms with Crippen LogP contribution in [0.1, 0.15) is 31.4 Å². The maximum absolute atomic E-state index is 11.6. The van der Waals surface area contributed by atoms with Gasteiger partial charge in [0.25, 0.3) is 0 Å². The first kappa shape index (κ1) is 11.4. The quantitative estimate of drug-likeness (QED) is 0.842. The molecule has 0 aromatic heterocycles. The molecule has 1 saturated carbocycles. The molecule has 2 rings (SSSR count). The van der Waals surface area contributed by atoms with Gasteiger partial charge in [0.15, 0.2) is 0 Å². The van der Waals surface area contributed by atoms with Gasteiger partial charge in [0, 0.05) is 5.69 Å². The Labute approximate surface area is 95.4 Å². The third-order valence-corrected chi connectivity index (χ3v) is 4.49. The molecule has 1 aromatic rings. The molecule has 5 heteroatoms. The smallest absolute Gasteiger partial charge is 0.235 e. The van der Waals surface area contributed by atoms with E-state index in [0.717, 1.165) is 18.4 Å². The van der Waals surface area contributed by atoms with Gasteiger partial charge < -0.3 is 5.11 Å². The first-order valence-corrected chi connectivity index (χ1v) is 6.83. The first-order chi connectivity index (χ1) is 7.49. The van der Waals surface area contributed by atoms with Gasteiger partial charge in [0.1, 0.15) is 0 Å². The van der Waals surface area contributed by atoms with E-state index in [2.05, 4.69) is 4.72 Å². The van der Waals surface area contributed by atoms with Crippen molar-refractivity contribution in [3.63, 3.8) is 0 Å². The van der Waals surface area contributed by atoms with Gasteiger partial charge in [-0.2, -0.15) is 0 Å². The molecule has 4 nitrogen and oxygen atoms in total. The fourth-order valence-corrected chi connectivity index (χ4v) is 2.84. The highest BCUT2D eigenvalue weighted by molar-refractivity contribution is 7.93. The number of aliphatic hydroxyl groups excluding tert-OH is 1. The summed E-state index contributed by atoms with van der Waals surface area (Å²) >= 11 is 0. The van der Waals surface area contributed by atoms with Crippen molar-refractivity contribution in [1.82, 2.24) is 0 Å². The molecule has 0 aliphatic heterocycles. The van der Waals surface area contributed by atoms with E-state index in [0.29, 0.717) is 5.69 Å². The van der Waals surface area contributed by atoms with Gasteiger partial charge in [-0.05, 0) is 37.5 Å². The van der Waals surface area contributed by atoms with Crippen LogP contribution < -0.4 is 4.72 Å². The Balaban J connectivity index is 2.10. The van der Waals surface area contributed by atoms with Crippen LogP contribution in [0.5, 0.6) is 0 Å². The average molecular weight is 241 g/mol. The Bertz CT molecular complexity index is 461. The highest BCUT2D eigenvalue weighted by Gasteiger charge is 2.35. The molecule has 0 amide bonds. The van der Waals surface area contributed by atoms with Crippen molar-refractivity contribution >= 4 is 15.7 Å². The summed E-state index contributed by atoms with van der Waals surface area (Å²) in [6.45, 7) is 1.67. The van der Waals surface area contributed by atoms with Crippen LogP contribution in [0.2, 0.25) is 0 Å². The van der Waals surface area contributed by atoms with Crippen LogP contribution in [0.15, 0.2) is 24.3 Å². The summed E-state index contributed by atoms with van der Waals surface area (Å²) in [6.07, 6.45) is 0.969. The minimum atomic E-state index is -3.19. The summed E-state index contributed by atoms with van der Waals surface area (Å²) < 4.78 is 25.8. The molecule has 0 bridgehead atoms. The normalized spacial score (nSPS) is 18.1. The summed E-state index contributed by atoms with van der Waals surface area (Å²) in [6, 6.07) is 6.77. The van der Waals surface area contributed by atoms with E-state index in [-0.39, 0.29) is 5.25 Å². The summed E-state index contributed by atoms with van der Waals surface area (Å²) in [5.74, 6) is 0. The number of sulfonamides is 1. The van der Waals surface area contributed by atoms with Gasteiger partial charge in [-0.1, -0.05) is 12.1 Å². The van der Waals surface area contributed by atoms with Crippen LogP contribution in [-0.2, 0) is 10.0 Å². The fraction of sp³-hybridized carbons (Fsp3) is 0.455. The third-order valence-electron chi connectivity index (χ3n) is 2.62. The average Bonchev–Trinajstić information content (AvgIpc) is 3.01. The molecule has 1 aliphatic rings. The molecule has 0 radical (unpaired) electrons. The summed E-state index contributed by atoms with van der Waals surface area (Å²) in [5, 5.41) is 9.09. The van der Waals surface area contributed by atoms with Crippen molar-refractivity contribution < 1.29 is 13.5 Å². The predicted molar refractivity (Wildman–Crippen MR) is 62.6 cm³/mol. The zero-order chi connectivity index (χ0) is 11.8. The van der Waals surface area contributed by atoms with E-state index in [1.165, 1.54) is 0 Å². The lowest BCUT2D eigenvalue weighted by Crippen LogP contribution is -2.17. The topological polar surface area (TPSA) is 66.4 Å². The SMILES string of the molecule is CC(O)c1ccc(NS(=O)(=O)C2CC2)cc1. The number of rotatable bonds is 4. The largest absolute Gasteiger partial charge is 0.389 e. The van der Waals surface area contributed by atoms with Crippen molar-refractivity contribution in [3.8, 4) is 0 Å². The monoisotopic (exact) mass is 241 g/mol. The Kier molecular flexibility index (Phi) is 2.90. The van der Waals surface area contributed by atoms with Gasteiger partial charge in [-0.15, -0.1) is 0 Å². The molecule has 2 N–H and O–H groups in total. The van der Waals surface area contributed by atoms with Crippen molar-refractivity contribution in [2.45, 2.75) is 31.1 Å². The highest BCUT2D eigenvalue weighted by Crippen LogP contribution is 2.29. The molecule has 0 saturated heterocycles. The molecule has 88 valence electrons. The van der Waals surface area contributed by atoms with Gasteiger partial charge >= 0.3 is 0 Å². The number of benzene rings is 1. The highest BCUT2D eigenvalue weighted by atomic mass is 32.2. The Morgan fingerprint density at radius 3 is 2.31 bits per heavy atom. The van der Waals surface area contributed by atoms with Crippen LogP contribution in [0.3, 0.4) is 0 Å². The molecule has 0 heterocycles. The Hall–Kier alpha value is -1.07. The van der Waals surface area contributed by atoms with E-state index in [9.17, 15) is 13.5 Å². The maximum Gasteiger partial charge on any atom is 0.235 e. The second kappa shape index (κ2) is 4.07. The Morgan fingerprint density at radius 2 is 1.88 bits per heavy atom. The summed E-state index contributed by atoms with van der Waals surface area (Å²) in [7, 11) is -3.19. The van der Waals surface area contributed by atoms with E-state index < -0.39 is 16.1 Å². The Morgan fingerprint density at radius 1 is 1.31 bits per heavy atom. The van der Waals surface area contributed by atoms with Gasteiger partial charge in [-0.25, -0.2) is 8.42 Å². The number of anilines is 1.